The molecule has 0 aliphatic heterocycles. The van der Waals surface area contributed by atoms with E-state index in [0.717, 1.165) is 33.4 Å². The van der Waals surface area contributed by atoms with E-state index in [0.29, 0.717) is 13.2 Å². The van der Waals surface area contributed by atoms with E-state index in [1.807, 2.05) is 74.7 Å². The van der Waals surface area contributed by atoms with Crippen LogP contribution in [0.3, 0.4) is 0 Å². The number of hydrogen-bond donors (Lipinski definition) is 1. The highest BCUT2D eigenvalue weighted by Gasteiger charge is 2.15. The van der Waals surface area contributed by atoms with Gasteiger partial charge in [-0.3, -0.25) is 4.79 Å². The molecule has 1 amide bonds. The van der Waals surface area contributed by atoms with Crippen LogP contribution in [-0.4, -0.2) is 26.4 Å². The second-order valence-corrected chi connectivity index (χ2v) is 8.13. The highest BCUT2D eigenvalue weighted by atomic mass is 32.2. The molecule has 0 saturated heterocycles. The first-order valence-corrected chi connectivity index (χ1v) is 11.1. The highest BCUT2D eigenvalue weighted by molar-refractivity contribution is 7.99. The van der Waals surface area contributed by atoms with Crippen LogP contribution in [0, 0.1) is 13.8 Å². The smallest absolute Gasteiger partial charge is 0.230 e. The summed E-state index contributed by atoms with van der Waals surface area (Å²) >= 11 is 1.39. The third kappa shape index (κ3) is 5.63. The summed E-state index contributed by atoms with van der Waals surface area (Å²) in [7, 11) is 0. The lowest BCUT2D eigenvalue weighted by Gasteiger charge is -2.14. The molecule has 0 bridgehead atoms. The predicted octanol–water partition coefficient (Wildman–Crippen LogP) is 4.46. The van der Waals surface area contributed by atoms with Gasteiger partial charge in [-0.25, -0.2) is 0 Å². The Labute approximate surface area is 182 Å². The average Bonchev–Trinajstić information content (AvgIpc) is 3.15. The molecule has 0 saturated carbocycles. The number of ether oxygens (including phenoxy) is 1. The molecule has 1 unspecified atom stereocenters. The zero-order chi connectivity index (χ0) is 21.5. The van der Waals surface area contributed by atoms with Gasteiger partial charge in [0, 0.05) is 6.54 Å². The van der Waals surface area contributed by atoms with Crippen LogP contribution in [0.1, 0.15) is 42.4 Å². The number of aromatic nitrogens is 3. The molecule has 1 heterocycles. The van der Waals surface area contributed by atoms with Gasteiger partial charge in [0.15, 0.2) is 11.0 Å². The molecule has 3 rings (SSSR count). The van der Waals surface area contributed by atoms with Crippen molar-refractivity contribution in [1.29, 1.82) is 0 Å². The second-order valence-electron chi connectivity index (χ2n) is 7.19. The van der Waals surface area contributed by atoms with Crippen LogP contribution in [0.5, 0.6) is 5.75 Å². The van der Waals surface area contributed by atoms with E-state index in [4.69, 9.17) is 4.74 Å². The molecule has 1 atom stereocenters. The van der Waals surface area contributed by atoms with E-state index >= 15 is 0 Å². The van der Waals surface area contributed by atoms with E-state index in [2.05, 4.69) is 21.6 Å². The van der Waals surface area contributed by atoms with E-state index in [9.17, 15) is 4.79 Å². The van der Waals surface area contributed by atoms with E-state index in [1.165, 1.54) is 11.8 Å². The van der Waals surface area contributed by atoms with Crippen LogP contribution in [0.25, 0.3) is 0 Å². The van der Waals surface area contributed by atoms with Crippen molar-refractivity contribution in [2.75, 3.05) is 5.75 Å². The molecule has 158 valence electrons. The van der Waals surface area contributed by atoms with Crippen molar-refractivity contribution < 1.29 is 9.53 Å². The largest absolute Gasteiger partial charge is 0.485 e. The van der Waals surface area contributed by atoms with Crippen LogP contribution >= 0.6 is 11.8 Å². The molecule has 2 aromatic carbocycles. The van der Waals surface area contributed by atoms with Gasteiger partial charge in [0.25, 0.3) is 0 Å². The van der Waals surface area contributed by atoms with Crippen molar-refractivity contribution in [3.8, 4) is 5.75 Å². The Kier molecular flexibility index (Phi) is 7.52. The van der Waals surface area contributed by atoms with Gasteiger partial charge in [-0.05, 0) is 50.5 Å². The lowest BCUT2D eigenvalue weighted by Crippen LogP contribution is -2.28. The molecule has 7 heteroatoms. The zero-order valence-electron chi connectivity index (χ0n) is 17.9. The topological polar surface area (TPSA) is 69.0 Å². The number of benzene rings is 2. The Morgan fingerprint density at radius 3 is 2.67 bits per heavy atom. The highest BCUT2D eigenvalue weighted by Crippen LogP contribution is 2.22. The SMILES string of the molecule is CCn1c(COc2cc(C)ccc2C)nnc1SCC(=O)NC(C)c1ccccc1. The van der Waals surface area contributed by atoms with Gasteiger partial charge in [0.05, 0.1) is 11.8 Å². The number of nitrogens with zero attached hydrogens (tertiary/aromatic N) is 3. The molecule has 0 radical (unpaired) electrons. The normalized spacial score (nSPS) is 11.9. The minimum atomic E-state index is -0.0372. The van der Waals surface area contributed by atoms with Gasteiger partial charge in [0.2, 0.25) is 5.91 Å². The summed E-state index contributed by atoms with van der Waals surface area (Å²) in [6, 6.07) is 16.0. The number of thioether (sulfide) groups is 1. The number of amides is 1. The van der Waals surface area contributed by atoms with Gasteiger partial charge in [0.1, 0.15) is 12.4 Å². The van der Waals surface area contributed by atoms with Crippen molar-refractivity contribution >= 4 is 17.7 Å². The van der Waals surface area contributed by atoms with Gasteiger partial charge >= 0.3 is 0 Å². The van der Waals surface area contributed by atoms with Crippen LogP contribution in [0.4, 0.5) is 0 Å². The van der Waals surface area contributed by atoms with Crippen LogP contribution in [0.2, 0.25) is 0 Å². The molecule has 1 aromatic heterocycles. The average molecular weight is 425 g/mol. The molecule has 0 fully saturated rings. The Bertz CT molecular complexity index is 988. The van der Waals surface area contributed by atoms with E-state index in [-0.39, 0.29) is 17.7 Å². The molecular weight excluding hydrogens is 396 g/mol. The lowest BCUT2D eigenvalue weighted by atomic mass is 10.1. The third-order valence-corrected chi connectivity index (χ3v) is 5.79. The van der Waals surface area contributed by atoms with Crippen molar-refractivity contribution in [1.82, 2.24) is 20.1 Å². The fourth-order valence-electron chi connectivity index (χ4n) is 3.09. The van der Waals surface area contributed by atoms with Crippen LogP contribution in [-0.2, 0) is 17.9 Å². The Hall–Kier alpha value is -2.80. The minimum Gasteiger partial charge on any atom is -0.485 e. The van der Waals surface area contributed by atoms with Crippen molar-refractivity contribution in [3.63, 3.8) is 0 Å². The molecule has 6 nitrogen and oxygen atoms in total. The molecule has 30 heavy (non-hydrogen) atoms. The van der Waals surface area contributed by atoms with Crippen molar-refractivity contribution in [3.05, 3.63) is 71.0 Å². The summed E-state index contributed by atoms with van der Waals surface area (Å²) < 4.78 is 7.96. The van der Waals surface area contributed by atoms with Crippen LogP contribution < -0.4 is 10.1 Å². The summed E-state index contributed by atoms with van der Waals surface area (Å²) in [5.74, 6) is 1.85. The summed E-state index contributed by atoms with van der Waals surface area (Å²) in [5.41, 5.74) is 3.32. The number of hydrogen-bond acceptors (Lipinski definition) is 5. The predicted molar refractivity (Wildman–Crippen MR) is 120 cm³/mol. The quantitative estimate of drug-likeness (QED) is 0.514. The van der Waals surface area contributed by atoms with Crippen molar-refractivity contribution in [2.45, 2.75) is 52.0 Å². The molecule has 3 aromatic rings. The maximum atomic E-state index is 12.4. The van der Waals surface area contributed by atoms with Gasteiger partial charge in [-0.15, -0.1) is 10.2 Å². The Balaban J connectivity index is 1.57. The summed E-state index contributed by atoms with van der Waals surface area (Å²) in [6.07, 6.45) is 0. The molecule has 0 aliphatic rings. The van der Waals surface area contributed by atoms with Gasteiger partial charge < -0.3 is 14.6 Å². The van der Waals surface area contributed by atoms with E-state index in [1.54, 1.807) is 0 Å². The first kappa shape index (κ1) is 21.9. The number of aryl methyl sites for hydroxylation is 2. The first-order chi connectivity index (χ1) is 14.5. The number of carbonyl (C=O) groups is 1. The molecular formula is C23H28N4O2S. The second kappa shape index (κ2) is 10.3. The number of nitrogens with one attached hydrogen (secondary N) is 1. The first-order valence-electron chi connectivity index (χ1n) is 10.1. The lowest BCUT2D eigenvalue weighted by molar-refractivity contribution is -0.119. The van der Waals surface area contributed by atoms with Gasteiger partial charge in [-0.1, -0.05) is 54.2 Å². The Morgan fingerprint density at radius 1 is 1.17 bits per heavy atom. The fraction of sp³-hybridized carbons (Fsp3) is 0.348. The van der Waals surface area contributed by atoms with E-state index < -0.39 is 0 Å². The zero-order valence-corrected chi connectivity index (χ0v) is 18.7. The monoisotopic (exact) mass is 424 g/mol. The van der Waals surface area contributed by atoms with Crippen molar-refractivity contribution in [2.24, 2.45) is 0 Å². The molecule has 0 aliphatic carbocycles. The van der Waals surface area contributed by atoms with Gasteiger partial charge in [-0.2, -0.15) is 0 Å². The number of carbonyl (C=O) groups excluding carboxylic acids is 1. The minimum absolute atomic E-state index is 0.0322. The molecule has 0 spiro atoms. The maximum Gasteiger partial charge on any atom is 0.230 e. The third-order valence-electron chi connectivity index (χ3n) is 4.82. The number of rotatable bonds is 9. The Morgan fingerprint density at radius 2 is 1.93 bits per heavy atom. The summed E-state index contributed by atoms with van der Waals surface area (Å²) in [4.78, 5) is 12.4. The summed E-state index contributed by atoms with van der Waals surface area (Å²) in [5, 5.41) is 12.3. The molecule has 1 N–H and O–H groups in total. The fourth-order valence-corrected chi connectivity index (χ4v) is 3.93. The standard InChI is InChI=1S/C23H28N4O2S/c1-5-27-21(14-29-20-13-16(2)11-12-17(20)3)25-26-23(27)30-15-22(28)24-18(4)19-9-7-6-8-10-19/h6-13,18H,5,14-15H2,1-4H3,(H,24,28). The summed E-state index contributed by atoms with van der Waals surface area (Å²) in [6.45, 7) is 9.13. The van der Waals surface area contributed by atoms with Crippen LogP contribution in [0.15, 0.2) is 53.7 Å². The maximum absolute atomic E-state index is 12.4.